The molecule has 2 rings (SSSR count). The molecule has 1 atom stereocenters. The van der Waals surface area contributed by atoms with Crippen LogP contribution in [0.4, 0.5) is 0 Å². The number of aliphatic hydroxyl groups excluding tert-OH is 2. The maximum Gasteiger partial charge on any atom is 0.273 e. The molecule has 0 saturated carbocycles. The lowest BCUT2D eigenvalue weighted by atomic mass is 10.1. The van der Waals surface area contributed by atoms with Gasteiger partial charge in [-0.15, -0.1) is 11.3 Å². The fraction of sp³-hybridized carbons (Fsp3) is 0.429. The van der Waals surface area contributed by atoms with Crippen LogP contribution in [-0.2, 0) is 0 Å². The van der Waals surface area contributed by atoms with Gasteiger partial charge in [-0.2, -0.15) is 0 Å². The molecular weight excluding hydrogens is 292 g/mol. The minimum atomic E-state index is -0.676. The topological polar surface area (TPSA) is 95.6 Å². The van der Waals surface area contributed by atoms with Crippen molar-refractivity contribution in [2.24, 2.45) is 0 Å². The standard InChI is InChI=1S/C14H18N2O4S/c17-9-10(18)4-1-2-6-15-14(19)11-8-12(20-16-11)13-5-3-7-21-13/h3,5,7-8,10,17-18H,1-2,4,6,9H2,(H,15,19)/t10-/m0/s1. The molecule has 2 heterocycles. The first-order valence-electron chi connectivity index (χ1n) is 6.78. The minimum Gasteiger partial charge on any atom is -0.394 e. The molecule has 2 aromatic heterocycles. The van der Waals surface area contributed by atoms with Gasteiger partial charge in [-0.05, 0) is 30.7 Å². The van der Waals surface area contributed by atoms with Crippen molar-refractivity contribution < 1.29 is 19.5 Å². The van der Waals surface area contributed by atoms with E-state index in [9.17, 15) is 9.90 Å². The van der Waals surface area contributed by atoms with E-state index < -0.39 is 6.10 Å². The van der Waals surface area contributed by atoms with Crippen molar-refractivity contribution in [1.29, 1.82) is 0 Å². The van der Waals surface area contributed by atoms with Crippen LogP contribution in [0.1, 0.15) is 29.8 Å². The van der Waals surface area contributed by atoms with Crippen molar-refractivity contribution in [3.05, 3.63) is 29.3 Å². The highest BCUT2D eigenvalue weighted by molar-refractivity contribution is 7.13. The molecule has 0 radical (unpaired) electrons. The summed E-state index contributed by atoms with van der Waals surface area (Å²) in [6.45, 7) is 0.273. The Hall–Kier alpha value is -1.70. The zero-order chi connectivity index (χ0) is 15.1. The number of carbonyl (C=O) groups is 1. The van der Waals surface area contributed by atoms with Crippen LogP contribution >= 0.6 is 11.3 Å². The van der Waals surface area contributed by atoms with E-state index in [0.717, 1.165) is 17.7 Å². The highest BCUT2D eigenvalue weighted by Gasteiger charge is 2.13. The first-order valence-corrected chi connectivity index (χ1v) is 7.66. The molecule has 0 aliphatic heterocycles. The van der Waals surface area contributed by atoms with Crippen molar-refractivity contribution >= 4 is 17.2 Å². The summed E-state index contributed by atoms with van der Waals surface area (Å²) in [5.74, 6) is 0.311. The van der Waals surface area contributed by atoms with Gasteiger partial charge in [0.15, 0.2) is 11.5 Å². The van der Waals surface area contributed by atoms with Crippen LogP contribution in [-0.4, -0.2) is 40.5 Å². The number of nitrogens with one attached hydrogen (secondary N) is 1. The molecule has 0 aliphatic carbocycles. The monoisotopic (exact) mass is 310 g/mol. The second-order valence-corrected chi connectivity index (χ2v) is 5.59. The average molecular weight is 310 g/mol. The van der Waals surface area contributed by atoms with Gasteiger partial charge >= 0.3 is 0 Å². The SMILES string of the molecule is O=C(NCCCC[C@H](O)CO)c1cc(-c2cccs2)on1. The number of hydrogen-bond acceptors (Lipinski definition) is 6. The largest absolute Gasteiger partial charge is 0.394 e. The summed E-state index contributed by atoms with van der Waals surface area (Å²) < 4.78 is 5.14. The number of nitrogens with zero attached hydrogens (tertiary/aromatic N) is 1. The molecule has 21 heavy (non-hydrogen) atoms. The number of aromatic nitrogens is 1. The van der Waals surface area contributed by atoms with Crippen molar-refractivity contribution in [1.82, 2.24) is 10.5 Å². The molecule has 114 valence electrons. The Morgan fingerprint density at radius 2 is 2.33 bits per heavy atom. The quantitative estimate of drug-likeness (QED) is 0.644. The van der Waals surface area contributed by atoms with Crippen LogP contribution in [0.25, 0.3) is 10.6 Å². The minimum absolute atomic E-state index is 0.225. The predicted molar refractivity (Wildman–Crippen MR) is 79.1 cm³/mol. The number of unbranched alkanes of at least 4 members (excludes halogenated alkanes) is 1. The van der Waals surface area contributed by atoms with Gasteiger partial charge in [0.05, 0.1) is 17.6 Å². The Kier molecular flexibility index (Phi) is 5.91. The second-order valence-electron chi connectivity index (χ2n) is 4.64. The van der Waals surface area contributed by atoms with Crippen molar-refractivity contribution in [3.8, 4) is 10.6 Å². The molecule has 6 nitrogen and oxygen atoms in total. The van der Waals surface area contributed by atoms with Gasteiger partial charge in [0.1, 0.15) is 0 Å². The lowest BCUT2D eigenvalue weighted by molar-refractivity contribution is 0.0857. The Bertz CT molecular complexity index is 553. The third kappa shape index (κ3) is 4.66. The zero-order valence-corrected chi connectivity index (χ0v) is 12.3. The van der Waals surface area contributed by atoms with Crippen LogP contribution in [0, 0.1) is 0 Å². The molecule has 0 aromatic carbocycles. The summed E-state index contributed by atoms with van der Waals surface area (Å²) in [5, 5.41) is 26.3. The average Bonchev–Trinajstić information content (AvgIpc) is 3.16. The van der Waals surface area contributed by atoms with E-state index in [4.69, 9.17) is 9.63 Å². The third-order valence-corrected chi connectivity index (χ3v) is 3.85. The van der Waals surface area contributed by atoms with Crippen LogP contribution in [0.3, 0.4) is 0 Å². The summed E-state index contributed by atoms with van der Waals surface area (Å²) in [7, 11) is 0. The fourth-order valence-corrected chi connectivity index (χ4v) is 2.48. The second kappa shape index (κ2) is 7.92. The van der Waals surface area contributed by atoms with Crippen LogP contribution in [0.2, 0.25) is 0 Å². The highest BCUT2D eigenvalue weighted by atomic mass is 32.1. The lowest BCUT2D eigenvalue weighted by Crippen LogP contribution is -2.25. The number of amides is 1. The van der Waals surface area contributed by atoms with Crippen LogP contribution < -0.4 is 5.32 Å². The Labute approximate surface area is 126 Å². The number of hydrogen-bond donors (Lipinski definition) is 3. The van der Waals surface area contributed by atoms with Crippen LogP contribution in [0.5, 0.6) is 0 Å². The third-order valence-electron chi connectivity index (χ3n) is 2.97. The molecular formula is C14H18N2O4S. The predicted octanol–water partition coefficient (Wildman–Crippen LogP) is 1.66. The zero-order valence-electron chi connectivity index (χ0n) is 11.5. The number of rotatable bonds is 8. The summed E-state index contributed by atoms with van der Waals surface area (Å²) in [6.07, 6.45) is 1.32. The highest BCUT2D eigenvalue weighted by Crippen LogP contribution is 2.24. The Morgan fingerprint density at radius 3 is 3.05 bits per heavy atom. The summed E-state index contributed by atoms with van der Waals surface area (Å²) >= 11 is 1.52. The molecule has 0 bridgehead atoms. The molecule has 7 heteroatoms. The first-order chi connectivity index (χ1) is 10.2. The van der Waals surface area contributed by atoms with E-state index in [2.05, 4.69) is 10.5 Å². The maximum absolute atomic E-state index is 11.9. The summed E-state index contributed by atoms with van der Waals surface area (Å²) in [4.78, 5) is 12.8. The van der Waals surface area contributed by atoms with E-state index in [-0.39, 0.29) is 18.2 Å². The lowest BCUT2D eigenvalue weighted by Gasteiger charge is -2.06. The Balaban J connectivity index is 1.74. The van der Waals surface area contributed by atoms with Gasteiger partial charge in [0.2, 0.25) is 0 Å². The molecule has 0 unspecified atom stereocenters. The molecule has 0 spiro atoms. The van der Waals surface area contributed by atoms with Crippen molar-refractivity contribution in [2.45, 2.75) is 25.4 Å². The maximum atomic E-state index is 11.9. The van der Waals surface area contributed by atoms with E-state index in [1.54, 1.807) is 6.07 Å². The van der Waals surface area contributed by atoms with Crippen molar-refractivity contribution in [2.75, 3.05) is 13.2 Å². The van der Waals surface area contributed by atoms with Gasteiger partial charge in [0, 0.05) is 12.6 Å². The smallest absolute Gasteiger partial charge is 0.273 e. The van der Waals surface area contributed by atoms with Gasteiger partial charge in [-0.25, -0.2) is 0 Å². The van der Waals surface area contributed by atoms with E-state index in [1.807, 2.05) is 17.5 Å². The van der Waals surface area contributed by atoms with Gasteiger partial charge in [-0.3, -0.25) is 4.79 Å². The van der Waals surface area contributed by atoms with Gasteiger partial charge in [-0.1, -0.05) is 11.2 Å². The Morgan fingerprint density at radius 1 is 1.48 bits per heavy atom. The molecule has 1 amide bonds. The molecule has 0 fully saturated rings. The molecule has 0 aliphatic rings. The molecule has 3 N–H and O–H groups in total. The summed E-state index contributed by atoms with van der Waals surface area (Å²) in [6, 6.07) is 5.43. The number of carbonyl (C=O) groups excluding carboxylic acids is 1. The van der Waals surface area contributed by atoms with Crippen LogP contribution in [0.15, 0.2) is 28.1 Å². The molecule has 0 saturated heterocycles. The number of thiophene rings is 1. The normalized spacial score (nSPS) is 12.3. The number of aliphatic hydroxyl groups is 2. The first kappa shape index (κ1) is 15.7. The molecule has 2 aromatic rings. The van der Waals surface area contributed by atoms with E-state index in [0.29, 0.717) is 18.7 Å². The van der Waals surface area contributed by atoms with Gasteiger partial charge < -0.3 is 20.1 Å². The summed E-state index contributed by atoms with van der Waals surface area (Å²) in [5.41, 5.74) is 0.258. The van der Waals surface area contributed by atoms with Crippen molar-refractivity contribution in [3.63, 3.8) is 0 Å². The fourth-order valence-electron chi connectivity index (χ4n) is 1.81. The van der Waals surface area contributed by atoms with E-state index >= 15 is 0 Å². The van der Waals surface area contributed by atoms with E-state index in [1.165, 1.54) is 11.3 Å². The van der Waals surface area contributed by atoms with Gasteiger partial charge in [0.25, 0.3) is 5.91 Å².